The Morgan fingerprint density at radius 2 is 1.30 bits per heavy atom. The van der Waals surface area contributed by atoms with Crippen LogP contribution in [0.1, 0.15) is 17.0 Å². The van der Waals surface area contributed by atoms with E-state index in [-0.39, 0.29) is 33.7 Å². The Bertz CT molecular complexity index is 1620. The molecule has 1 atom stereocenters. The molecule has 2 aliphatic rings. The van der Waals surface area contributed by atoms with E-state index in [0.29, 0.717) is 0 Å². The van der Waals surface area contributed by atoms with Gasteiger partial charge in [0.2, 0.25) is 19.9 Å². The van der Waals surface area contributed by atoms with Gasteiger partial charge in [-0.15, -0.1) is 0 Å². The molecule has 37 heavy (non-hydrogen) atoms. The number of hydrogen-bond acceptors (Lipinski definition) is 4. The van der Waals surface area contributed by atoms with Crippen LogP contribution >= 0.6 is 0 Å². The predicted octanol–water partition coefficient (Wildman–Crippen LogP) is 5.70. The van der Waals surface area contributed by atoms with Crippen LogP contribution in [-0.4, -0.2) is 42.3 Å². The first kappa shape index (κ1) is 25.8. The molecule has 192 valence electrons. The lowest BCUT2D eigenvalue weighted by molar-refractivity contribution is 0.444. The summed E-state index contributed by atoms with van der Waals surface area (Å²) >= 11 is 0. The third kappa shape index (κ3) is 4.46. The minimum atomic E-state index is -3.93. The molecule has 0 saturated carbocycles. The normalized spacial score (nSPS) is 19.0. The highest BCUT2D eigenvalue weighted by Gasteiger charge is 2.50. The summed E-state index contributed by atoms with van der Waals surface area (Å²) in [6.07, 6.45) is 0. The van der Waals surface area contributed by atoms with Gasteiger partial charge in [-0.25, -0.2) is 16.8 Å². The number of benzene rings is 3. The molecule has 1 aliphatic heterocycles. The van der Waals surface area contributed by atoms with Crippen molar-refractivity contribution in [3.63, 3.8) is 0 Å². The summed E-state index contributed by atoms with van der Waals surface area (Å²) in [5, 5.41) is 1.22. The molecule has 0 radical (unpaired) electrons. The molecule has 1 heterocycles. The van der Waals surface area contributed by atoms with E-state index in [4.69, 9.17) is 0 Å². The van der Waals surface area contributed by atoms with Crippen molar-refractivity contribution < 1.29 is 16.8 Å². The molecule has 1 unspecified atom stereocenters. The highest BCUT2D eigenvalue weighted by atomic mass is 32.2. The maximum absolute atomic E-state index is 14.1. The summed E-state index contributed by atoms with van der Waals surface area (Å²) < 4.78 is 57.1. The van der Waals surface area contributed by atoms with E-state index >= 15 is 0 Å². The molecule has 3 aromatic rings. The quantitative estimate of drug-likeness (QED) is 0.370. The lowest BCUT2D eigenvalue weighted by Gasteiger charge is -2.48. The maximum atomic E-state index is 14.1. The number of hydrogen-bond donors (Lipinski definition) is 0. The Balaban J connectivity index is 1.74. The molecule has 0 spiro atoms. The molecule has 5 rings (SSSR count). The lowest BCUT2D eigenvalue weighted by atomic mass is 9.74. The first-order valence-corrected chi connectivity index (χ1v) is 18.7. The monoisotopic (exact) mass is 549 g/mol. The van der Waals surface area contributed by atoms with Crippen molar-refractivity contribution in [3.8, 4) is 0 Å². The summed E-state index contributed by atoms with van der Waals surface area (Å²) in [7, 11) is -9.78. The van der Waals surface area contributed by atoms with Crippen molar-refractivity contribution in [2.45, 2.75) is 42.3 Å². The van der Waals surface area contributed by atoms with Crippen LogP contribution in [0.25, 0.3) is 0 Å². The van der Waals surface area contributed by atoms with E-state index in [1.54, 1.807) is 54.6 Å². The van der Waals surface area contributed by atoms with E-state index in [1.807, 2.05) is 37.3 Å². The van der Waals surface area contributed by atoms with Crippen LogP contribution in [0.5, 0.6) is 0 Å². The Kier molecular flexibility index (Phi) is 6.43. The van der Waals surface area contributed by atoms with Crippen LogP contribution in [0.2, 0.25) is 19.6 Å². The van der Waals surface area contributed by atoms with Crippen LogP contribution in [0, 0.1) is 6.92 Å². The highest BCUT2D eigenvalue weighted by molar-refractivity contribution is 7.95. The molecule has 0 bridgehead atoms. The fraction of sp³-hybridized carbons (Fsp3) is 0.241. The number of allylic oxidation sites excluding steroid dienone is 1. The SMILES string of the molecule is Cc1ccc(S(=O)(=O)N2CC3=C([Si](C)(C)C)C(c4ccccc4)C3=C(S(=O)(=O)c3ccccc3)C2)cc1. The molecular weight excluding hydrogens is 519 g/mol. The Labute approximate surface area is 221 Å². The Hall–Kier alpha value is -2.78. The summed E-state index contributed by atoms with van der Waals surface area (Å²) in [6.45, 7) is 8.61. The summed E-state index contributed by atoms with van der Waals surface area (Å²) in [6, 6.07) is 25.0. The van der Waals surface area contributed by atoms with Crippen LogP contribution < -0.4 is 0 Å². The average molecular weight is 550 g/mol. The van der Waals surface area contributed by atoms with Gasteiger partial charge in [0.1, 0.15) is 0 Å². The third-order valence-electron chi connectivity index (χ3n) is 7.16. The highest BCUT2D eigenvalue weighted by Crippen LogP contribution is 2.55. The zero-order valence-electron chi connectivity index (χ0n) is 21.5. The molecule has 0 amide bonds. The van der Waals surface area contributed by atoms with Crippen molar-refractivity contribution >= 4 is 27.9 Å². The molecule has 0 N–H and O–H groups in total. The first-order chi connectivity index (χ1) is 17.4. The van der Waals surface area contributed by atoms with Crippen molar-refractivity contribution in [1.29, 1.82) is 0 Å². The van der Waals surface area contributed by atoms with E-state index in [2.05, 4.69) is 19.6 Å². The maximum Gasteiger partial charge on any atom is 0.243 e. The standard InChI is InChI=1S/C29H31NO4S2Si/c1-21-15-17-24(18-16-21)36(33,34)30-19-25-28(26(20-30)35(31,32)23-13-9-6-10-14-23)27(29(25)37(2,3)4)22-11-7-5-8-12-22/h5-18,27H,19-20H2,1-4H3. The zero-order valence-corrected chi connectivity index (χ0v) is 24.1. The summed E-state index contributed by atoms with van der Waals surface area (Å²) in [5.74, 6) is -0.138. The van der Waals surface area contributed by atoms with E-state index in [0.717, 1.165) is 22.3 Å². The van der Waals surface area contributed by atoms with Crippen molar-refractivity contribution in [1.82, 2.24) is 4.31 Å². The fourth-order valence-corrected chi connectivity index (χ4v) is 10.8. The topological polar surface area (TPSA) is 71.5 Å². The summed E-state index contributed by atoms with van der Waals surface area (Å²) in [4.78, 5) is 0.540. The van der Waals surface area contributed by atoms with E-state index < -0.39 is 27.9 Å². The van der Waals surface area contributed by atoms with Gasteiger partial charge in [0.05, 0.1) is 29.3 Å². The molecule has 8 heteroatoms. The minimum absolute atomic E-state index is 0.138. The molecular formula is C29H31NO4S2Si. The molecule has 1 aliphatic carbocycles. The number of sulfone groups is 1. The van der Waals surface area contributed by atoms with Crippen molar-refractivity contribution in [2.24, 2.45) is 0 Å². The largest absolute Gasteiger partial charge is 0.243 e. The van der Waals surface area contributed by atoms with Gasteiger partial charge in [0.25, 0.3) is 0 Å². The second-order valence-electron chi connectivity index (χ2n) is 10.7. The van der Waals surface area contributed by atoms with Gasteiger partial charge in [0.15, 0.2) is 0 Å². The molecule has 0 fully saturated rings. The number of aryl methyl sites for hydroxylation is 1. The number of nitrogens with zero attached hydrogens (tertiary/aromatic N) is 1. The third-order valence-corrected chi connectivity index (χ3v) is 13.1. The van der Waals surface area contributed by atoms with Gasteiger partial charge in [0, 0.05) is 12.5 Å². The van der Waals surface area contributed by atoms with Gasteiger partial charge >= 0.3 is 0 Å². The zero-order chi connectivity index (χ0) is 26.6. The second-order valence-corrected chi connectivity index (χ2v) is 19.7. The van der Waals surface area contributed by atoms with Crippen LogP contribution in [0.4, 0.5) is 0 Å². The lowest BCUT2D eigenvalue weighted by Crippen LogP contribution is -2.48. The first-order valence-electron chi connectivity index (χ1n) is 12.3. The van der Waals surface area contributed by atoms with Gasteiger partial charge in [-0.3, -0.25) is 0 Å². The van der Waals surface area contributed by atoms with Crippen molar-refractivity contribution in [2.75, 3.05) is 13.1 Å². The van der Waals surface area contributed by atoms with Gasteiger partial charge < -0.3 is 0 Å². The fourth-order valence-electron chi connectivity index (χ4n) is 5.40. The number of fused-ring (bicyclic) bond motifs is 1. The molecule has 5 nitrogen and oxygen atoms in total. The molecule has 0 saturated heterocycles. The molecule has 0 aromatic heterocycles. The van der Waals surface area contributed by atoms with Gasteiger partial charge in [-0.1, -0.05) is 91.1 Å². The van der Waals surface area contributed by atoms with Gasteiger partial charge in [-0.2, -0.15) is 4.31 Å². The number of sulfonamides is 1. The smallest absolute Gasteiger partial charge is 0.219 e. The Morgan fingerprint density at radius 3 is 1.86 bits per heavy atom. The van der Waals surface area contributed by atoms with Crippen molar-refractivity contribution in [3.05, 3.63) is 117 Å². The Morgan fingerprint density at radius 1 is 0.730 bits per heavy atom. The average Bonchev–Trinajstić information content (AvgIpc) is 2.85. The van der Waals surface area contributed by atoms with Crippen LogP contribution in [0.3, 0.4) is 0 Å². The number of rotatable bonds is 6. The van der Waals surface area contributed by atoms with E-state index in [9.17, 15) is 16.8 Å². The minimum Gasteiger partial charge on any atom is -0.219 e. The summed E-state index contributed by atoms with van der Waals surface area (Å²) in [5.41, 5.74) is 3.67. The second kappa shape index (κ2) is 9.20. The van der Waals surface area contributed by atoms with Crippen LogP contribution in [0.15, 0.2) is 116 Å². The van der Waals surface area contributed by atoms with E-state index in [1.165, 1.54) is 9.50 Å². The van der Waals surface area contributed by atoms with Crippen LogP contribution in [-0.2, 0) is 19.9 Å². The van der Waals surface area contributed by atoms with Gasteiger partial charge in [-0.05, 0) is 47.9 Å². The molecule has 3 aromatic carbocycles. The predicted molar refractivity (Wildman–Crippen MR) is 150 cm³/mol.